The fourth-order valence-corrected chi connectivity index (χ4v) is 0.733. The van der Waals surface area contributed by atoms with Gasteiger partial charge >= 0.3 is 72.3 Å². The van der Waals surface area contributed by atoms with Gasteiger partial charge in [0.15, 0.2) is 0 Å². The van der Waals surface area contributed by atoms with Crippen molar-refractivity contribution in [3.05, 3.63) is 23.8 Å². The Labute approximate surface area is 72.6 Å². The number of nitrogens with two attached hydrogens (primary N) is 1. The molecule has 0 amide bonds. The first-order valence-corrected chi connectivity index (χ1v) is 4.33. The van der Waals surface area contributed by atoms with E-state index in [4.69, 9.17) is 12.4 Å². The number of hydrogen-bond acceptors (Lipinski definition) is 2. The third-order valence-electron chi connectivity index (χ3n) is 0.933. The molecule has 0 aliphatic heterocycles. The number of rotatable bonds is 3. The average molecular weight is 307 g/mol. The monoisotopic (exact) mass is 307 g/mol. The Morgan fingerprint density at radius 2 is 2.10 bits per heavy atom. The van der Waals surface area contributed by atoms with Gasteiger partial charge in [-0.1, -0.05) is 0 Å². The molecule has 2 nitrogen and oxygen atoms in total. The molecule has 0 saturated heterocycles. The van der Waals surface area contributed by atoms with Gasteiger partial charge in [0.2, 0.25) is 0 Å². The molecule has 0 aliphatic rings. The first-order valence-electron chi connectivity index (χ1n) is 2.86. The Balaban J connectivity index is 4.19. The van der Waals surface area contributed by atoms with Crippen molar-refractivity contribution in [1.29, 1.82) is 0 Å². The van der Waals surface area contributed by atoms with E-state index < -0.39 is 0 Å². The summed E-state index contributed by atoms with van der Waals surface area (Å²) >= 11 is 1.31. The fourth-order valence-electron chi connectivity index (χ4n) is 0.521. The topological polar surface area (TPSA) is 38.0 Å². The Hall–Kier alpha value is -0.0417. The van der Waals surface area contributed by atoms with Gasteiger partial charge < -0.3 is 0 Å². The van der Waals surface area contributed by atoms with Crippen molar-refractivity contribution in [3.8, 4) is 0 Å². The summed E-state index contributed by atoms with van der Waals surface area (Å²) in [6.45, 7) is 9.27. The van der Waals surface area contributed by atoms with Crippen LogP contribution < -0.4 is 11.3 Å². The molecule has 0 heterocycles. The Bertz CT molecular complexity index is 182. The average Bonchev–Trinajstić information content (AvgIpc) is 1.85. The molecule has 0 aromatic heterocycles. The summed E-state index contributed by atoms with van der Waals surface area (Å²) in [6.07, 6.45) is 1.89. The molecule has 0 rings (SSSR count). The molecule has 0 atom stereocenters. The van der Waals surface area contributed by atoms with Crippen LogP contribution in [0.25, 0.3) is 0 Å². The molecule has 0 fully saturated rings. The minimum atomic E-state index is 0.798. The van der Waals surface area contributed by atoms with E-state index in [-0.39, 0.29) is 0 Å². The molecule has 0 radical (unpaired) electrons. The number of hydrazine groups is 1. The summed E-state index contributed by atoms with van der Waals surface area (Å²) in [4.78, 5) is 0. The quantitative estimate of drug-likeness (QED) is 0.344. The minimum absolute atomic E-state index is 0.798. The molecule has 0 spiro atoms. The second kappa shape index (κ2) is 4.72. The van der Waals surface area contributed by atoms with E-state index in [1.165, 1.54) is 19.4 Å². The van der Waals surface area contributed by atoms with Crippen molar-refractivity contribution >= 4 is 4.02 Å². The van der Waals surface area contributed by atoms with Gasteiger partial charge in [-0.3, -0.25) is 0 Å². The van der Waals surface area contributed by atoms with Crippen LogP contribution in [-0.4, -0.2) is 4.02 Å². The van der Waals surface area contributed by atoms with Gasteiger partial charge in [0, 0.05) is 0 Å². The van der Waals surface area contributed by atoms with Gasteiger partial charge in [-0.25, -0.2) is 0 Å². The number of allylic oxidation sites excluding steroid dienone is 2. The second-order valence-corrected chi connectivity index (χ2v) is 3.51. The Morgan fingerprint density at radius 1 is 1.60 bits per heavy atom. The van der Waals surface area contributed by atoms with Crippen LogP contribution in [0.3, 0.4) is 0 Å². The molecule has 3 heteroatoms. The van der Waals surface area contributed by atoms with Crippen LogP contribution in [0.1, 0.15) is 13.8 Å². The molecule has 0 bridgehead atoms. The molecule has 0 aliphatic carbocycles. The van der Waals surface area contributed by atoms with Crippen LogP contribution in [0.2, 0.25) is 0 Å². The van der Waals surface area contributed by atoms with E-state index in [0.29, 0.717) is 0 Å². The molecule has 0 unspecified atom stereocenters. The second-order valence-electron chi connectivity index (χ2n) is 2.04. The van der Waals surface area contributed by atoms with Crippen molar-refractivity contribution in [2.75, 3.05) is 0 Å². The van der Waals surface area contributed by atoms with Crippen LogP contribution in [0, 0.1) is 6.58 Å². The first-order chi connectivity index (χ1) is 4.57. The summed E-state index contributed by atoms with van der Waals surface area (Å²) in [7, 11) is 0. The van der Waals surface area contributed by atoms with Gasteiger partial charge in [-0.2, -0.15) is 0 Å². The zero-order chi connectivity index (χ0) is 8.15. The normalized spacial score (nSPS) is 11.3. The van der Waals surface area contributed by atoms with Crippen LogP contribution >= 0.6 is 0 Å². The molecule has 10 heavy (non-hydrogen) atoms. The van der Waals surface area contributed by atoms with Crippen LogP contribution in [0.15, 0.2) is 17.2 Å². The Kier molecular flexibility index (Phi) is 4.71. The molecule has 56 valence electrons. The summed E-state index contributed by atoms with van der Waals surface area (Å²) in [5, 5.41) is 0. The van der Waals surface area contributed by atoms with Crippen molar-refractivity contribution < 1.29 is 19.4 Å². The number of nitrogens with one attached hydrogen (secondary N) is 1. The van der Waals surface area contributed by atoms with Crippen molar-refractivity contribution in [1.82, 2.24) is 5.43 Å². The third-order valence-corrected chi connectivity index (χ3v) is 2.51. The molecular weight excluding hydrogens is 296 g/mol. The van der Waals surface area contributed by atoms with Gasteiger partial charge in [0.25, 0.3) is 0 Å². The van der Waals surface area contributed by atoms with E-state index in [9.17, 15) is 0 Å². The molecule has 0 aromatic rings. The first kappa shape index (κ1) is 9.96. The SMILES string of the molecule is [CH-]=C(C)/C=C(/C)[C](=[W])NN. The van der Waals surface area contributed by atoms with E-state index in [1.807, 2.05) is 19.9 Å². The van der Waals surface area contributed by atoms with Gasteiger partial charge in [0.05, 0.1) is 0 Å². The van der Waals surface area contributed by atoms with E-state index in [0.717, 1.165) is 15.2 Å². The van der Waals surface area contributed by atoms with E-state index in [2.05, 4.69) is 5.43 Å². The van der Waals surface area contributed by atoms with Crippen molar-refractivity contribution in [2.45, 2.75) is 13.8 Å². The third kappa shape index (κ3) is 3.89. The fraction of sp³-hybridized carbons (Fsp3) is 0.286. The summed E-state index contributed by atoms with van der Waals surface area (Å²) in [6, 6.07) is 0. The van der Waals surface area contributed by atoms with E-state index in [1.54, 1.807) is 0 Å². The molecule has 0 saturated carbocycles. The molecular formula is C7H11N2W-. The van der Waals surface area contributed by atoms with E-state index >= 15 is 0 Å². The van der Waals surface area contributed by atoms with Crippen LogP contribution in [0.5, 0.6) is 0 Å². The van der Waals surface area contributed by atoms with Gasteiger partial charge in [-0.05, 0) is 0 Å². The zero-order valence-electron chi connectivity index (χ0n) is 6.14. The standard InChI is InChI=1S/C7H11N2.W/c1-6(2)4-7(3)5-9-8;/h1,4,9H,8H2,2-3H3;/q-1;/b7-4-;. The summed E-state index contributed by atoms with van der Waals surface area (Å²) in [5.74, 6) is 5.19. The van der Waals surface area contributed by atoms with Gasteiger partial charge in [-0.15, -0.1) is 0 Å². The maximum absolute atomic E-state index is 5.45. The van der Waals surface area contributed by atoms with Crippen molar-refractivity contribution in [2.24, 2.45) is 5.84 Å². The van der Waals surface area contributed by atoms with Gasteiger partial charge in [0.1, 0.15) is 0 Å². The predicted molar refractivity (Wildman–Crippen MR) is 39.6 cm³/mol. The van der Waals surface area contributed by atoms with Crippen LogP contribution in [-0.2, 0) is 19.4 Å². The molecule has 3 N–H and O–H groups in total. The predicted octanol–water partition coefficient (Wildman–Crippen LogP) is 0.452. The maximum atomic E-state index is 5.45. The summed E-state index contributed by atoms with van der Waals surface area (Å²) < 4.78 is 1.02. The van der Waals surface area contributed by atoms with Crippen LogP contribution in [0.4, 0.5) is 0 Å². The molecule has 0 aromatic carbocycles. The zero-order valence-corrected chi connectivity index (χ0v) is 9.07. The Morgan fingerprint density at radius 3 is 2.40 bits per heavy atom. The number of hydrogen-bond donors (Lipinski definition) is 2. The van der Waals surface area contributed by atoms with Crippen molar-refractivity contribution in [3.63, 3.8) is 0 Å². The summed E-state index contributed by atoms with van der Waals surface area (Å²) in [5.41, 5.74) is 4.48.